The summed E-state index contributed by atoms with van der Waals surface area (Å²) in [6, 6.07) is 9.75. The molecule has 4 aromatic carbocycles. The average molecular weight is 885 g/mol. The first-order valence-corrected chi connectivity index (χ1v) is 21.5. The van der Waals surface area contributed by atoms with Gasteiger partial charge in [0.25, 0.3) is 0 Å². The first-order valence-electron chi connectivity index (χ1n) is 21.5. The van der Waals surface area contributed by atoms with Crippen molar-refractivity contribution in [3.63, 3.8) is 0 Å². The van der Waals surface area contributed by atoms with Crippen LogP contribution in [0, 0.1) is 76.1 Å². The van der Waals surface area contributed by atoms with Crippen LogP contribution in [0.5, 0.6) is 11.5 Å². The smallest absolute Gasteiger partial charge is 0.432 e. The van der Waals surface area contributed by atoms with Crippen LogP contribution in [-0.4, -0.2) is 6.11 Å². The van der Waals surface area contributed by atoms with Gasteiger partial charge in [-0.05, 0) is 123 Å². The topological polar surface area (TPSA) is 18.5 Å². The van der Waals surface area contributed by atoms with Gasteiger partial charge >= 0.3 is 12.2 Å². The lowest BCUT2D eigenvalue weighted by Gasteiger charge is -2.40. The number of alkyl halides is 4. The lowest BCUT2D eigenvalue weighted by atomic mass is 9.67. The molecule has 336 valence electrons. The highest BCUT2D eigenvalue weighted by Gasteiger charge is 2.46. The van der Waals surface area contributed by atoms with E-state index in [1.165, 1.54) is 51.4 Å². The largest absolute Gasteiger partial charge is 0.432 e. The molecule has 4 aliphatic rings. The van der Waals surface area contributed by atoms with Crippen molar-refractivity contribution in [2.75, 3.05) is 0 Å². The van der Waals surface area contributed by atoms with Gasteiger partial charge < -0.3 is 9.47 Å². The van der Waals surface area contributed by atoms with Crippen LogP contribution in [0.25, 0.3) is 11.1 Å². The second-order valence-electron chi connectivity index (χ2n) is 17.4. The Morgan fingerprint density at radius 1 is 0.403 bits per heavy atom. The number of rotatable bonds is 10. The molecule has 0 bridgehead atoms. The van der Waals surface area contributed by atoms with Crippen molar-refractivity contribution in [1.29, 1.82) is 0 Å². The summed E-state index contributed by atoms with van der Waals surface area (Å²) in [5, 5.41) is 0. The van der Waals surface area contributed by atoms with E-state index in [1.54, 1.807) is 12.1 Å². The second kappa shape index (κ2) is 19.2. The molecule has 2 nitrogen and oxygen atoms in total. The Labute approximate surface area is 353 Å². The summed E-state index contributed by atoms with van der Waals surface area (Å²) in [7, 11) is 0. The first-order chi connectivity index (χ1) is 29.5. The van der Waals surface area contributed by atoms with E-state index in [0.29, 0.717) is 48.3 Å². The van der Waals surface area contributed by atoms with Crippen LogP contribution in [0.1, 0.15) is 120 Å². The number of hydrogen-bond acceptors (Lipinski definition) is 2. The monoisotopic (exact) mass is 884 g/mol. The normalized spacial score (nSPS) is 22.6. The molecule has 0 atom stereocenters. The summed E-state index contributed by atoms with van der Waals surface area (Å²) in [6.45, 7) is 0. The first kappa shape index (κ1) is 45.7. The van der Waals surface area contributed by atoms with Crippen LogP contribution >= 0.6 is 0 Å². The Bertz CT molecular complexity index is 2080. The van der Waals surface area contributed by atoms with Crippen molar-refractivity contribution in [3.05, 3.63) is 118 Å². The van der Waals surface area contributed by atoms with E-state index in [9.17, 15) is 52.7 Å². The van der Waals surface area contributed by atoms with Gasteiger partial charge in [-0.3, -0.25) is 0 Å². The van der Waals surface area contributed by atoms with Crippen LogP contribution in [0.15, 0.2) is 60.7 Å². The van der Waals surface area contributed by atoms with E-state index in [-0.39, 0.29) is 17.7 Å². The Morgan fingerprint density at radius 2 is 0.790 bits per heavy atom. The Hall–Kier alpha value is -4.36. The zero-order valence-electron chi connectivity index (χ0n) is 33.9. The summed E-state index contributed by atoms with van der Waals surface area (Å²) in [4.78, 5) is 0. The molecule has 62 heavy (non-hydrogen) atoms. The van der Waals surface area contributed by atoms with Gasteiger partial charge in [-0.2, -0.15) is 17.6 Å². The molecule has 4 aromatic rings. The maximum absolute atomic E-state index is 14.6. The third-order valence-electron chi connectivity index (χ3n) is 13.6. The molecule has 0 radical (unpaired) electrons. The van der Waals surface area contributed by atoms with E-state index in [1.807, 2.05) is 12.1 Å². The van der Waals surface area contributed by atoms with Gasteiger partial charge in [0.1, 0.15) is 28.7 Å². The van der Waals surface area contributed by atoms with Gasteiger partial charge in [-0.15, -0.1) is 0 Å². The maximum Gasteiger partial charge on any atom is 0.432 e. The number of hydrogen-bond donors (Lipinski definition) is 0. The van der Waals surface area contributed by atoms with E-state index in [4.69, 9.17) is 0 Å². The molecular formula is C48H48F12O2. The van der Waals surface area contributed by atoms with E-state index >= 15 is 0 Å². The predicted molar refractivity (Wildman–Crippen MR) is 209 cm³/mol. The number of ether oxygens (including phenoxy) is 2. The van der Waals surface area contributed by atoms with Gasteiger partial charge in [-0.25, -0.2) is 35.1 Å². The molecule has 0 aromatic heterocycles. The molecule has 4 fully saturated rings. The number of benzene rings is 4. The lowest BCUT2D eigenvalue weighted by molar-refractivity contribution is -0.224. The zero-order valence-corrected chi connectivity index (χ0v) is 33.9. The van der Waals surface area contributed by atoms with Crippen molar-refractivity contribution in [3.8, 4) is 22.6 Å². The Balaban J connectivity index is 0.000000187. The molecule has 0 saturated heterocycles. The molecular weight excluding hydrogens is 837 g/mol. The molecule has 0 N–H and O–H groups in total. The molecule has 4 saturated carbocycles. The molecule has 4 aliphatic carbocycles. The highest BCUT2D eigenvalue weighted by atomic mass is 19.3. The predicted octanol–water partition coefficient (Wildman–Crippen LogP) is 15.7. The van der Waals surface area contributed by atoms with Crippen molar-refractivity contribution in [1.82, 2.24) is 0 Å². The average Bonchev–Trinajstić information content (AvgIpc) is 3.98. The lowest BCUT2D eigenvalue weighted by Crippen LogP contribution is -2.38. The summed E-state index contributed by atoms with van der Waals surface area (Å²) in [6.07, 6.45) is 9.03. The maximum atomic E-state index is 14.6. The Kier molecular flexibility index (Phi) is 14.1. The van der Waals surface area contributed by atoms with Gasteiger partial charge in [0.2, 0.25) is 0 Å². The minimum Gasteiger partial charge on any atom is -0.432 e. The number of halogens is 12. The minimum atomic E-state index is -4.62. The molecule has 0 amide bonds. The van der Waals surface area contributed by atoms with Crippen molar-refractivity contribution in [2.24, 2.45) is 29.6 Å². The fourth-order valence-corrected chi connectivity index (χ4v) is 10.3. The third-order valence-corrected chi connectivity index (χ3v) is 13.6. The van der Waals surface area contributed by atoms with Crippen LogP contribution in [0.2, 0.25) is 0 Å². The van der Waals surface area contributed by atoms with E-state index < -0.39 is 81.7 Å². The quantitative estimate of drug-likeness (QED) is 0.117. The van der Waals surface area contributed by atoms with E-state index in [2.05, 4.69) is 9.47 Å². The molecule has 14 heteroatoms. The summed E-state index contributed by atoms with van der Waals surface area (Å²) < 4.78 is 175. The summed E-state index contributed by atoms with van der Waals surface area (Å²) in [5.74, 6) is -12.8. The summed E-state index contributed by atoms with van der Waals surface area (Å²) >= 11 is 0. The SMILES string of the molecule is Fc1cc(OC(F)(F)C2CCC(C3CCC(C4CCCC4)CC3)CC2)cc(F)c1F.Fc1cc(OC(F)(F)c2c(F)cc(-c3ccc(C4CCCC4)cc3)cc2F)cc(F)c1F. The van der Waals surface area contributed by atoms with Gasteiger partial charge in [0.05, 0.1) is 5.92 Å². The summed E-state index contributed by atoms with van der Waals surface area (Å²) in [5.41, 5.74) is -0.143. The molecule has 0 aliphatic heterocycles. The second-order valence-corrected chi connectivity index (χ2v) is 17.4. The van der Waals surface area contributed by atoms with Gasteiger partial charge in [-0.1, -0.05) is 62.8 Å². The molecule has 8 rings (SSSR count). The molecule has 0 spiro atoms. The fraction of sp³-hybridized carbons (Fsp3) is 0.500. The van der Waals surface area contributed by atoms with Crippen molar-refractivity contribution in [2.45, 2.75) is 121 Å². The zero-order chi connectivity index (χ0) is 44.3. The van der Waals surface area contributed by atoms with E-state index in [0.717, 1.165) is 68.1 Å². The minimum absolute atomic E-state index is 0.0383. The molecule has 0 heterocycles. The highest BCUT2D eigenvalue weighted by Crippen LogP contribution is 2.48. The third kappa shape index (κ3) is 10.5. The Morgan fingerprint density at radius 3 is 1.24 bits per heavy atom. The van der Waals surface area contributed by atoms with Crippen LogP contribution in [-0.2, 0) is 6.11 Å². The van der Waals surface area contributed by atoms with Crippen molar-refractivity contribution < 1.29 is 62.2 Å². The van der Waals surface area contributed by atoms with Crippen LogP contribution in [0.4, 0.5) is 52.7 Å². The van der Waals surface area contributed by atoms with Gasteiger partial charge in [0.15, 0.2) is 34.9 Å². The standard InChI is InChI=1S/C24H17F7O.C24H31F5O/c25-18-9-16(15-7-5-14(6-8-15)13-3-1-2-4-13)10-19(26)22(18)24(30,31)32-17-11-20(27)23(29)21(28)12-17;25-21-13-20(14-22(26)23(21)27)30-24(28,29)19-11-9-18(10-12-19)17-7-5-16(6-8-17)15-3-1-2-4-15/h5-13H,1-4H2;13-19H,1-12H2. The molecule has 0 unspecified atom stereocenters. The van der Waals surface area contributed by atoms with Crippen LogP contribution in [0.3, 0.4) is 0 Å². The van der Waals surface area contributed by atoms with Crippen molar-refractivity contribution >= 4 is 0 Å². The van der Waals surface area contributed by atoms with Gasteiger partial charge in [0, 0.05) is 24.3 Å². The highest BCUT2D eigenvalue weighted by molar-refractivity contribution is 5.64. The van der Waals surface area contributed by atoms with Crippen LogP contribution < -0.4 is 9.47 Å². The fourth-order valence-electron chi connectivity index (χ4n) is 10.3.